The van der Waals surface area contributed by atoms with E-state index in [1.807, 2.05) is 0 Å². The van der Waals surface area contributed by atoms with E-state index in [1.165, 1.54) is 29.2 Å². The molecule has 1 atom stereocenters. The first-order valence-electron chi connectivity index (χ1n) is 12.9. The lowest BCUT2D eigenvalue weighted by molar-refractivity contribution is -0.140. The SMILES string of the molecule is CC[C@H](C(=O)NC(C)C)N(Cc1ccccc1Cl)C(=O)CN(c1cc(C(F)(F)F)ccc1Cl)S(=O)(=O)c1ccccc1. The Hall–Kier alpha value is -3.28. The fourth-order valence-corrected chi connectivity index (χ4v) is 6.13. The van der Waals surface area contributed by atoms with Crippen molar-refractivity contribution in [2.75, 3.05) is 10.8 Å². The van der Waals surface area contributed by atoms with Crippen LogP contribution in [0.4, 0.5) is 18.9 Å². The Bertz CT molecular complexity index is 1520. The monoisotopic (exact) mass is 643 g/mol. The Labute approximate surface area is 253 Å². The summed E-state index contributed by atoms with van der Waals surface area (Å²) >= 11 is 12.6. The number of rotatable bonds is 11. The first-order valence-corrected chi connectivity index (χ1v) is 15.1. The number of hydrogen-bond donors (Lipinski definition) is 1. The maximum absolute atomic E-state index is 14.0. The van der Waals surface area contributed by atoms with E-state index >= 15 is 0 Å². The van der Waals surface area contributed by atoms with Crippen molar-refractivity contribution >= 4 is 50.7 Å². The topological polar surface area (TPSA) is 86.8 Å². The van der Waals surface area contributed by atoms with Gasteiger partial charge < -0.3 is 10.2 Å². The molecule has 3 rings (SSSR count). The maximum Gasteiger partial charge on any atom is 0.416 e. The largest absolute Gasteiger partial charge is 0.416 e. The van der Waals surface area contributed by atoms with Gasteiger partial charge in [-0.05, 0) is 62.2 Å². The summed E-state index contributed by atoms with van der Waals surface area (Å²) < 4.78 is 69.2. The van der Waals surface area contributed by atoms with Gasteiger partial charge in [0.15, 0.2) is 0 Å². The van der Waals surface area contributed by atoms with Crippen LogP contribution in [0.3, 0.4) is 0 Å². The summed E-state index contributed by atoms with van der Waals surface area (Å²) in [5, 5.41) is 2.75. The highest BCUT2D eigenvalue weighted by Gasteiger charge is 2.37. The molecule has 1 N–H and O–H groups in total. The van der Waals surface area contributed by atoms with Gasteiger partial charge >= 0.3 is 6.18 Å². The fourth-order valence-electron chi connectivity index (χ4n) is 4.22. The standard InChI is InChI=1S/C29H30Cl2F3N3O4S/c1-4-25(28(39)35-19(2)3)36(17-20-10-8-9-13-23(20)30)27(38)18-37(42(40,41)22-11-6-5-7-12-22)26-16-21(29(32,33)34)14-15-24(26)31/h5-16,19,25H,4,17-18H2,1-3H3,(H,35,39)/t25-/m1/s1. The molecule has 0 heterocycles. The van der Waals surface area contributed by atoms with Gasteiger partial charge in [-0.1, -0.05) is 66.5 Å². The Kier molecular flexibility index (Phi) is 10.9. The quantitative estimate of drug-likeness (QED) is 0.257. The second-order valence-electron chi connectivity index (χ2n) is 9.69. The van der Waals surface area contributed by atoms with Gasteiger partial charge in [0.2, 0.25) is 11.8 Å². The van der Waals surface area contributed by atoms with Crippen molar-refractivity contribution in [1.82, 2.24) is 10.2 Å². The number of carbonyl (C=O) groups is 2. The molecule has 0 fully saturated rings. The van der Waals surface area contributed by atoms with Crippen LogP contribution in [0.5, 0.6) is 0 Å². The molecule has 0 aromatic heterocycles. The number of benzene rings is 3. The molecule has 3 aromatic rings. The van der Waals surface area contributed by atoms with Crippen LogP contribution >= 0.6 is 23.2 Å². The zero-order valence-electron chi connectivity index (χ0n) is 23.0. The van der Waals surface area contributed by atoms with E-state index in [0.717, 1.165) is 6.07 Å². The highest BCUT2D eigenvalue weighted by molar-refractivity contribution is 7.92. The van der Waals surface area contributed by atoms with Crippen molar-refractivity contribution in [2.24, 2.45) is 0 Å². The average molecular weight is 645 g/mol. The van der Waals surface area contributed by atoms with Crippen LogP contribution in [0.2, 0.25) is 10.0 Å². The highest BCUT2D eigenvalue weighted by atomic mass is 35.5. The molecule has 0 saturated carbocycles. The van der Waals surface area contributed by atoms with Crippen LogP contribution < -0.4 is 9.62 Å². The Morgan fingerprint density at radius 1 is 0.929 bits per heavy atom. The molecule has 226 valence electrons. The molecule has 3 aromatic carbocycles. The van der Waals surface area contributed by atoms with Gasteiger partial charge in [0.1, 0.15) is 12.6 Å². The minimum atomic E-state index is -4.82. The zero-order chi connectivity index (χ0) is 31.2. The summed E-state index contributed by atoms with van der Waals surface area (Å²) in [5.74, 6) is -1.34. The van der Waals surface area contributed by atoms with Crippen molar-refractivity contribution in [2.45, 2.75) is 56.9 Å². The van der Waals surface area contributed by atoms with Gasteiger partial charge in [0.05, 0.1) is 21.2 Å². The molecular weight excluding hydrogens is 614 g/mol. The van der Waals surface area contributed by atoms with Crippen LogP contribution in [0.15, 0.2) is 77.7 Å². The molecule has 0 aliphatic rings. The van der Waals surface area contributed by atoms with E-state index < -0.39 is 51.9 Å². The van der Waals surface area contributed by atoms with E-state index in [9.17, 15) is 31.2 Å². The molecule has 0 aliphatic heterocycles. The van der Waals surface area contributed by atoms with Crippen molar-refractivity contribution in [1.29, 1.82) is 0 Å². The highest BCUT2D eigenvalue weighted by Crippen LogP contribution is 2.37. The lowest BCUT2D eigenvalue weighted by atomic mass is 10.1. The smallest absolute Gasteiger partial charge is 0.352 e. The molecule has 0 bridgehead atoms. The van der Waals surface area contributed by atoms with Gasteiger partial charge in [-0.25, -0.2) is 8.42 Å². The summed E-state index contributed by atoms with van der Waals surface area (Å²) in [5.41, 5.74) is -1.21. The zero-order valence-corrected chi connectivity index (χ0v) is 25.4. The molecular formula is C29H30Cl2F3N3O4S. The third kappa shape index (κ3) is 7.96. The molecule has 42 heavy (non-hydrogen) atoms. The number of nitrogens with zero attached hydrogens (tertiary/aromatic N) is 2. The van der Waals surface area contributed by atoms with Crippen molar-refractivity contribution < 1.29 is 31.2 Å². The number of anilines is 1. The van der Waals surface area contributed by atoms with Crippen molar-refractivity contribution in [3.8, 4) is 0 Å². The van der Waals surface area contributed by atoms with Gasteiger partial charge in [0, 0.05) is 17.6 Å². The van der Waals surface area contributed by atoms with Gasteiger partial charge in [0.25, 0.3) is 10.0 Å². The Morgan fingerprint density at radius 2 is 1.55 bits per heavy atom. The lowest BCUT2D eigenvalue weighted by Gasteiger charge is -2.34. The normalized spacial score (nSPS) is 12.6. The molecule has 2 amide bonds. The number of sulfonamides is 1. The molecule has 0 unspecified atom stereocenters. The maximum atomic E-state index is 14.0. The summed E-state index contributed by atoms with van der Waals surface area (Å²) in [4.78, 5) is 28.1. The minimum absolute atomic E-state index is 0.157. The van der Waals surface area contributed by atoms with Gasteiger partial charge in [-0.2, -0.15) is 13.2 Å². The summed E-state index contributed by atoms with van der Waals surface area (Å²) in [6.07, 6.45) is -4.66. The van der Waals surface area contributed by atoms with Gasteiger partial charge in [-0.15, -0.1) is 0 Å². The lowest BCUT2D eigenvalue weighted by Crippen LogP contribution is -2.53. The minimum Gasteiger partial charge on any atom is -0.352 e. The Morgan fingerprint density at radius 3 is 2.12 bits per heavy atom. The van der Waals surface area contributed by atoms with E-state index in [0.29, 0.717) is 27.0 Å². The molecule has 0 saturated heterocycles. The predicted octanol–water partition coefficient (Wildman–Crippen LogP) is 6.54. The number of alkyl halides is 3. The number of amides is 2. The second-order valence-corrected chi connectivity index (χ2v) is 12.4. The van der Waals surface area contributed by atoms with Crippen LogP contribution in [-0.2, 0) is 32.3 Å². The van der Waals surface area contributed by atoms with Crippen LogP contribution in [0.1, 0.15) is 38.3 Å². The number of nitrogens with one attached hydrogen (secondary N) is 1. The number of carbonyl (C=O) groups excluding carboxylic acids is 2. The summed E-state index contributed by atoms with van der Waals surface area (Å²) in [6, 6.07) is 14.5. The molecule has 7 nitrogen and oxygen atoms in total. The van der Waals surface area contributed by atoms with E-state index in [-0.39, 0.29) is 28.9 Å². The van der Waals surface area contributed by atoms with Crippen molar-refractivity contribution in [3.05, 3.63) is 94.0 Å². The van der Waals surface area contributed by atoms with Crippen LogP contribution in [0, 0.1) is 0 Å². The Balaban J connectivity index is 2.17. The molecule has 13 heteroatoms. The van der Waals surface area contributed by atoms with E-state index in [2.05, 4.69) is 5.32 Å². The fraction of sp³-hybridized carbons (Fsp3) is 0.310. The van der Waals surface area contributed by atoms with Crippen LogP contribution in [-0.4, -0.2) is 43.8 Å². The summed E-state index contributed by atoms with van der Waals surface area (Å²) in [6.45, 7) is 4.05. The van der Waals surface area contributed by atoms with Crippen molar-refractivity contribution in [3.63, 3.8) is 0 Å². The number of halogens is 5. The molecule has 0 radical (unpaired) electrons. The molecule has 0 spiro atoms. The summed E-state index contributed by atoms with van der Waals surface area (Å²) in [7, 11) is -4.61. The third-order valence-corrected chi connectivity index (χ3v) is 8.73. The van der Waals surface area contributed by atoms with E-state index in [1.54, 1.807) is 51.1 Å². The predicted molar refractivity (Wildman–Crippen MR) is 157 cm³/mol. The van der Waals surface area contributed by atoms with Gasteiger partial charge in [-0.3, -0.25) is 13.9 Å². The second kappa shape index (κ2) is 13.8. The number of hydrogen-bond acceptors (Lipinski definition) is 4. The van der Waals surface area contributed by atoms with Crippen LogP contribution in [0.25, 0.3) is 0 Å². The first-order chi connectivity index (χ1) is 19.7. The molecule has 0 aliphatic carbocycles. The van der Waals surface area contributed by atoms with E-state index in [4.69, 9.17) is 23.2 Å². The first kappa shape index (κ1) is 33.2. The third-order valence-electron chi connectivity index (χ3n) is 6.27. The average Bonchev–Trinajstić information content (AvgIpc) is 2.92.